The number of aliphatic imine (C=N–C) groups is 1. The van der Waals surface area contributed by atoms with Gasteiger partial charge < -0.3 is 19.5 Å². The van der Waals surface area contributed by atoms with Crippen LogP contribution in [-0.4, -0.2) is 41.7 Å². The van der Waals surface area contributed by atoms with Crippen molar-refractivity contribution in [2.75, 3.05) is 19.0 Å². The fraction of sp³-hybridized carbons (Fsp3) is 0.207. The van der Waals surface area contributed by atoms with Gasteiger partial charge in [-0.2, -0.15) is 23.0 Å². The third kappa shape index (κ3) is 4.63. The summed E-state index contributed by atoms with van der Waals surface area (Å²) in [5.74, 6) is -1.02. The lowest BCUT2D eigenvalue weighted by Gasteiger charge is -2.36. The van der Waals surface area contributed by atoms with Gasteiger partial charge in [-0.25, -0.2) is 9.79 Å². The van der Waals surface area contributed by atoms with Crippen LogP contribution in [0.2, 0.25) is 0 Å². The minimum atomic E-state index is -5.05. The predicted octanol–water partition coefficient (Wildman–Crippen LogP) is 6.03. The molecule has 0 saturated heterocycles. The summed E-state index contributed by atoms with van der Waals surface area (Å²) in [6.07, 6.45) is -5.05. The van der Waals surface area contributed by atoms with Crippen molar-refractivity contribution in [1.29, 1.82) is 0 Å². The minimum absolute atomic E-state index is 0.0717. The highest BCUT2D eigenvalue weighted by Crippen LogP contribution is 2.54. The molecule has 0 bridgehead atoms. The van der Waals surface area contributed by atoms with Gasteiger partial charge in [-0.05, 0) is 55.8 Å². The maximum Gasteiger partial charge on any atom is 0.422 e. The van der Waals surface area contributed by atoms with E-state index in [0.29, 0.717) is 17.1 Å². The summed E-state index contributed by atoms with van der Waals surface area (Å²) in [5, 5.41) is 7.15. The fourth-order valence-electron chi connectivity index (χ4n) is 4.46. The van der Waals surface area contributed by atoms with Crippen LogP contribution in [0.4, 0.5) is 18.9 Å². The fourth-order valence-corrected chi connectivity index (χ4v) is 4.46. The molecule has 0 aliphatic carbocycles. The molecule has 40 heavy (non-hydrogen) atoms. The van der Waals surface area contributed by atoms with E-state index in [-0.39, 0.29) is 18.1 Å². The number of aromatic nitrogens is 2. The zero-order valence-electron chi connectivity index (χ0n) is 21.8. The van der Waals surface area contributed by atoms with E-state index in [9.17, 15) is 4.79 Å². The SMILES string of the molecule is CCOC(=O)c1nn(-c2ccccc2)c2c1[C@](c1ccc(OC)cc1)(C(F)(F)F)N=C(Nc1ccc(C)cc1)O2. The molecule has 5 rings (SSSR count). The van der Waals surface area contributed by atoms with E-state index in [4.69, 9.17) is 14.2 Å². The second-order valence-electron chi connectivity index (χ2n) is 8.94. The standard InChI is InChI=1S/C29H25F3N4O4/c1-4-39-26(37)24-23-25(36(35-24)21-8-6-5-7-9-21)40-27(33-20-14-10-18(2)11-15-20)34-28(23,29(30,31)32)19-12-16-22(38-3)17-13-19/h5-17H,4H2,1-3H3,(H,33,34)/t28-/m1/s1. The molecule has 0 radical (unpaired) electrons. The van der Waals surface area contributed by atoms with Gasteiger partial charge in [0, 0.05) is 5.69 Å². The van der Waals surface area contributed by atoms with Crippen molar-refractivity contribution in [3.63, 3.8) is 0 Å². The van der Waals surface area contributed by atoms with Crippen molar-refractivity contribution < 1.29 is 32.2 Å². The monoisotopic (exact) mass is 550 g/mol. The van der Waals surface area contributed by atoms with Gasteiger partial charge in [-0.1, -0.05) is 48.0 Å². The molecule has 1 atom stereocenters. The molecule has 1 N–H and O–H groups in total. The summed E-state index contributed by atoms with van der Waals surface area (Å²) < 4.78 is 64.0. The Labute approximate surface area is 228 Å². The largest absolute Gasteiger partial charge is 0.497 e. The van der Waals surface area contributed by atoms with Gasteiger partial charge >= 0.3 is 12.1 Å². The molecular formula is C29H25F3N4O4. The highest BCUT2D eigenvalue weighted by Gasteiger charge is 2.64. The van der Waals surface area contributed by atoms with Gasteiger partial charge in [0.25, 0.3) is 6.02 Å². The van der Waals surface area contributed by atoms with Crippen molar-refractivity contribution in [2.24, 2.45) is 4.99 Å². The van der Waals surface area contributed by atoms with Crippen LogP contribution in [0.1, 0.15) is 34.1 Å². The van der Waals surface area contributed by atoms with E-state index in [1.54, 1.807) is 61.5 Å². The van der Waals surface area contributed by atoms with Crippen molar-refractivity contribution in [1.82, 2.24) is 9.78 Å². The number of ether oxygens (including phenoxy) is 3. The number of aryl methyl sites for hydroxylation is 1. The Morgan fingerprint density at radius 2 is 1.70 bits per heavy atom. The molecule has 206 valence electrons. The van der Waals surface area contributed by atoms with Crippen LogP contribution in [0.3, 0.4) is 0 Å². The summed E-state index contributed by atoms with van der Waals surface area (Å²) in [6.45, 7) is 3.37. The number of benzene rings is 3. The van der Waals surface area contributed by atoms with Gasteiger partial charge in [-0.3, -0.25) is 0 Å². The second kappa shape index (κ2) is 10.4. The number of nitrogens with zero attached hydrogens (tertiary/aromatic N) is 3. The number of para-hydroxylation sites is 1. The minimum Gasteiger partial charge on any atom is -0.497 e. The first kappa shape index (κ1) is 26.8. The Bertz CT molecular complexity index is 1550. The Morgan fingerprint density at radius 3 is 2.30 bits per heavy atom. The zero-order chi connectivity index (χ0) is 28.5. The van der Waals surface area contributed by atoms with Crippen molar-refractivity contribution >= 4 is 17.7 Å². The highest BCUT2D eigenvalue weighted by atomic mass is 19.4. The lowest BCUT2D eigenvalue weighted by atomic mass is 9.81. The molecule has 2 heterocycles. The molecule has 4 aromatic rings. The summed E-state index contributed by atoms with van der Waals surface area (Å²) in [5.41, 5.74) is -2.72. The van der Waals surface area contributed by atoms with Crippen LogP contribution in [0.5, 0.6) is 11.6 Å². The van der Waals surface area contributed by atoms with Gasteiger partial charge in [0.05, 0.1) is 25.0 Å². The van der Waals surface area contributed by atoms with Crippen LogP contribution < -0.4 is 14.8 Å². The van der Waals surface area contributed by atoms with Crippen LogP contribution in [0, 0.1) is 6.92 Å². The van der Waals surface area contributed by atoms with E-state index < -0.39 is 35.0 Å². The molecule has 3 aromatic carbocycles. The van der Waals surface area contributed by atoms with Gasteiger partial charge in [0.1, 0.15) is 5.75 Å². The molecule has 0 amide bonds. The van der Waals surface area contributed by atoms with Crippen LogP contribution in [0.15, 0.2) is 83.9 Å². The Balaban J connectivity index is 1.83. The second-order valence-corrected chi connectivity index (χ2v) is 8.94. The molecule has 1 aliphatic rings. The van der Waals surface area contributed by atoms with Crippen LogP contribution >= 0.6 is 0 Å². The van der Waals surface area contributed by atoms with Crippen molar-refractivity contribution in [3.8, 4) is 17.3 Å². The number of nitrogens with one attached hydrogen (secondary N) is 1. The zero-order valence-corrected chi connectivity index (χ0v) is 21.8. The van der Waals surface area contributed by atoms with Crippen LogP contribution in [0.25, 0.3) is 5.69 Å². The maximum atomic E-state index is 15.5. The third-order valence-corrected chi connectivity index (χ3v) is 6.36. The molecule has 0 unspecified atom stereocenters. The number of halogens is 3. The maximum absolute atomic E-state index is 15.5. The van der Waals surface area contributed by atoms with E-state index in [1.807, 2.05) is 6.92 Å². The number of hydrogen-bond acceptors (Lipinski definition) is 7. The number of carbonyl (C=O) groups is 1. The summed E-state index contributed by atoms with van der Waals surface area (Å²) in [7, 11) is 1.41. The predicted molar refractivity (Wildman–Crippen MR) is 142 cm³/mol. The molecule has 11 heteroatoms. The number of carbonyl (C=O) groups excluding carboxylic acids is 1. The van der Waals surface area contributed by atoms with Gasteiger partial charge in [0.15, 0.2) is 5.69 Å². The summed E-state index contributed by atoms with van der Waals surface area (Å²) >= 11 is 0. The number of anilines is 1. The first-order valence-corrected chi connectivity index (χ1v) is 12.4. The van der Waals surface area contributed by atoms with Crippen LogP contribution in [-0.2, 0) is 10.3 Å². The molecule has 0 spiro atoms. The van der Waals surface area contributed by atoms with E-state index in [0.717, 1.165) is 10.2 Å². The van der Waals surface area contributed by atoms with E-state index in [2.05, 4.69) is 15.4 Å². The lowest BCUT2D eigenvalue weighted by Crippen LogP contribution is -2.47. The van der Waals surface area contributed by atoms with Crippen molar-refractivity contribution in [2.45, 2.75) is 25.6 Å². The van der Waals surface area contributed by atoms with Gasteiger partial charge in [-0.15, -0.1) is 0 Å². The average molecular weight is 551 g/mol. The number of amidine groups is 1. The number of fused-ring (bicyclic) bond motifs is 1. The summed E-state index contributed by atoms with van der Waals surface area (Å²) in [4.78, 5) is 17.2. The number of hydrogen-bond donors (Lipinski definition) is 1. The highest BCUT2D eigenvalue weighted by molar-refractivity contribution is 5.96. The molecule has 0 fully saturated rings. The average Bonchev–Trinajstić information content (AvgIpc) is 3.34. The first-order valence-electron chi connectivity index (χ1n) is 12.4. The molecular weight excluding hydrogens is 525 g/mol. The topological polar surface area (TPSA) is 87.0 Å². The number of esters is 1. The lowest BCUT2D eigenvalue weighted by molar-refractivity contribution is -0.177. The number of alkyl halides is 3. The molecule has 1 aliphatic heterocycles. The molecule has 0 saturated carbocycles. The Hall–Kier alpha value is -4.80. The normalized spacial score (nSPS) is 16.4. The van der Waals surface area contributed by atoms with Crippen molar-refractivity contribution in [3.05, 3.63) is 101 Å². The smallest absolute Gasteiger partial charge is 0.422 e. The quantitative estimate of drug-likeness (QED) is 0.295. The Kier molecular flexibility index (Phi) is 6.97. The summed E-state index contributed by atoms with van der Waals surface area (Å²) in [6, 6.07) is 20.2. The number of rotatable bonds is 6. The third-order valence-electron chi connectivity index (χ3n) is 6.36. The molecule has 8 nitrogen and oxygen atoms in total. The van der Waals surface area contributed by atoms with E-state index >= 15 is 13.2 Å². The van der Waals surface area contributed by atoms with Gasteiger partial charge in [0.2, 0.25) is 11.4 Å². The molecule has 1 aromatic heterocycles. The number of methoxy groups -OCH3 is 1. The first-order chi connectivity index (χ1) is 19.2. The van der Waals surface area contributed by atoms with E-state index in [1.165, 1.54) is 31.4 Å². The Morgan fingerprint density at radius 1 is 1.02 bits per heavy atom.